The van der Waals surface area contributed by atoms with Crippen LogP contribution in [0.25, 0.3) is 166 Å². The number of para-hydroxylation sites is 1. The first-order valence-electron chi connectivity index (χ1n) is 43.6. The lowest BCUT2D eigenvalue weighted by atomic mass is 9.78. The molecule has 0 spiro atoms. The smallest absolute Gasteiger partial charge is 0.0991 e. The van der Waals surface area contributed by atoms with Crippen molar-refractivity contribution in [3.8, 4) is 106 Å². The number of nitrogens with zero attached hydrogens (tertiary/aromatic N) is 5. The van der Waals surface area contributed by atoms with Crippen molar-refractivity contribution in [1.29, 1.82) is 5.26 Å². The second-order valence-electron chi connectivity index (χ2n) is 35.8. The molecule has 0 atom stereocenters. The zero-order valence-corrected chi connectivity index (χ0v) is 70.4. The second kappa shape index (κ2) is 28.0. The summed E-state index contributed by atoms with van der Waals surface area (Å²) in [5.41, 5.74) is 40.6. The van der Waals surface area contributed by atoms with E-state index in [9.17, 15) is 5.26 Å². The lowest BCUT2D eigenvalue weighted by molar-refractivity contribution is 0.660. The number of fused-ring (bicyclic) bond motifs is 19. The van der Waals surface area contributed by atoms with Crippen molar-refractivity contribution in [2.24, 2.45) is 0 Å². The van der Waals surface area contributed by atoms with Gasteiger partial charge in [0.1, 0.15) is 0 Å². The molecule has 0 aliphatic heterocycles. The zero-order chi connectivity index (χ0) is 83.7. The highest BCUT2D eigenvalue weighted by Gasteiger charge is 2.41. The molecule has 19 aromatic carbocycles. The molecule has 0 amide bonds. The van der Waals surface area contributed by atoms with Gasteiger partial charge in [0.2, 0.25) is 0 Å². The summed E-state index contributed by atoms with van der Waals surface area (Å²) in [6.45, 7) is 14.3. The Labute approximate surface area is 728 Å². The molecule has 3 aliphatic rings. The molecule has 2 heterocycles. The van der Waals surface area contributed by atoms with Crippen LogP contribution in [0.15, 0.2) is 406 Å². The molecule has 0 bridgehead atoms. The van der Waals surface area contributed by atoms with Crippen molar-refractivity contribution < 1.29 is 0 Å². The van der Waals surface area contributed by atoms with Crippen molar-refractivity contribution in [1.82, 2.24) is 9.13 Å². The predicted octanol–water partition coefficient (Wildman–Crippen LogP) is 32.3. The van der Waals surface area contributed by atoms with Crippen LogP contribution in [-0.4, -0.2) is 9.13 Å². The highest BCUT2D eigenvalue weighted by molar-refractivity contribution is 6.25. The molecule has 590 valence electrons. The third kappa shape index (κ3) is 11.4. The van der Waals surface area contributed by atoms with Crippen molar-refractivity contribution in [3.63, 3.8) is 0 Å². The Morgan fingerprint density at radius 1 is 0.232 bits per heavy atom. The molecule has 3 aliphatic carbocycles. The first-order chi connectivity index (χ1) is 61.2. The maximum atomic E-state index is 9.90. The number of hydrogen-bond donors (Lipinski definition) is 0. The summed E-state index contributed by atoms with van der Waals surface area (Å²) in [6, 6.07) is 154. The van der Waals surface area contributed by atoms with E-state index in [1.54, 1.807) is 0 Å². The average molecular weight is 1600 g/mol. The highest BCUT2D eigenvalue weighted by atomic mass is 15.2. The summed E-state index contributed by atoms with van der Waals surface area (Å²) in [5, 5.41) is 19.6. The third-order valence-electron chi connectivity index (χ3n) is 27.9. The van der Waals surface area contributed by atoms with Crippen molar-refractivity contribution >= 4 is 99.3 Å². The Hall–Kier alpha value is -15.6. The van der Waals surface area contributed by atoms with Gasteiger partial charge in [-0.3, -0.25) is 0 Å². The lowest BCUT2D eigenvalue weighted by Gasteiger charge is -2.30. The summed E-state index contributed by atoms with van der Waals surface area (Å²) < 4.78 is 4.90. The zero-order valence-electron chi connectivity index (χ0n) is 70.4. The maximum Gasteiger partial charge on any atom is 0.0991 e. The first kappa shape index (κ1) is 73.3. The fourth-order valence-corrected chi connectivity index (χ4v) is 21.7. The number of nitriles is 1. The molecule has 0 saturated heterocycles. The van der Waals surface area contributed by atoms with Crippen LogP contribution in [0.1, 0.15) is 80.5 Å². The predicted molar refractivity (Wildman–Crippen MR) is 524 cm³/mol. The van der Waals surface area contributed by atoms with Crippen LogP contribution < -0.4 is 9.80 Å². The van der Waals surface area contributed by atoms with Crippen LogP contribution in [0.2, 0.25) is 0 Å². The van der Waals surface area contributed by atoms with E-state index >= 15 is 0 Å². The Morgan fingerprint density at radius 2 is 0.640 bits per heavy atom. The first-order valence-corrected chi connectivity index (χ1v) is 43.6. The number of rotatable bonds is 13. The van der Waals surface area contributed by atoms with Crippen molar-refractivity contribution in [2.75, 3.05) is 9.80 Å². The molecule has 0 unspecified atom stereocenters. The van der Waals surface area contributed by atoms with E-state index in [2.05, 4.69) is 461 Å². The van der Waals surface area contributed by atoms with Crippen LogP contribution in [0.4, 0.5) is 34.1 Å². The van der Waals surface area contributed by atoms with Gasteiger partial charge >= 0.3 is 0 Å². The summed E-state index contributed by atoms with van der Waals surface area (Å²) >= 11 is 0. The van der Waals surface area contributed by atoms with Gasteiger partial charge in [-0.2, -0.15) is 5.26 Å². The Bertz CT molecular complexity index is 8070. The van der Waals surface area contributed by atoms with E-state index in [0.717, 1.165) is 89.9 Å². The van der Waals surface area contributed by atoms with E-state index in [-0.39, 0.29) is 16.2 Å². The van der Waals surface area contributed by atoms with Crippen LogP contribution in [0.5, 0.6) is 0 Å². The van der Waals surface area contributed by atoms with E-state index in [0.29, 0.717) is 5.56 Å². The van der Waals surface area contributed by atoms with Crippen LogP contribution in [0.3, 0.4) is 0 Å². The number of hydrogen-bond acceptors (Lipinski definition) is 3. The van der Waals surface area contributed by atoms with Crippen LogP contribution >= 0.6 is 0 Å². The number of anilines is 6. The minimum Gasteiger partial charge on any atom is -0.310 e. The molecule has 125 heavy (non-hydrogen) atoms. The largest absolute Gasteiger partial charge is 0.310 e. The monoisotopic (exact) mass is 1600 g/mol. The molecular weight excluding hydrogens is 1510 g/mol. The van der Waals surface area contributed by atoms with Crippen molar-refractivity contribution in [3.05, 3.63) is 445 Å². The highest BCUT2D eigenvalue weighted by Crippen LogP contribution is 2.58. The average Bonchev–Trinajstić information content (AvgIpc) is 1.57. The van der Waals surface area contributed by atoms with Gasteiger partial charge in [0, 0.05) is 83.0 Å². The van der Waals surface area contributed by atoms with Gasteiger partial charge in [-0.1, -0.05) is 333 Å². The third-order valence-corrected chi connectivity index (χ3v) is 27.9. The van der Waals surface area contributed by atoms with Gasteiger partial charge in [-0.25, -0.2) is 0 Å². The fraction of sp³-hybridized carbons (Fsp3) is 0.0750. The fourth-order valence-electron chi connectivity index (χ4n) is 21.7. The minimum atomic E-state index is -0.379. The van der Waals surface area contributed by atoms with E-state index in [1.165, 1.54) is 143 Å². The van der Waals surface area contributed by atoms with Gasteiger partial charge in [-0.05, 0) is 254 Å². The normalized spacial score (nSPS) is 13.5. The quantitative estimate of drug-likeness (QED) is 0.115. The number of benzene rings is 19. The van der Waals surface area contributed by atoms with E-state index < -0.39 is 0 Å². The SMILES string of the molecule is CC1(C)c2ccccc2-c2ccc(N(c3ccc(-c4ccc(-c5ccc(-c6cccc7c6C(C)(C)c6cc(N(c8ccc(-c9ccc(-c%10ccccc%10)cc9)cc8)c8cc9c(c%10ccccc8%10)c8ccccc8n9-c8ccc9c(c8)C(C)(C)c8ccccc8-9)ccc6-7)cc5)cc4)cc3)c3ccc4c5c6ccccc6ccc5n(-c5ccc(C#N)cc5)c4c3)cc21. The molecule has 0 N–H and O–H groups in total. The second-order valence-corrected chi connectivity index (χ2v) is 35.8. The Balaban J connectivity index is 0.565. The maximum absolute atomic E-state index is 9.90. The van der Waals surface area contributed by atoms with Crippen molar-refractivity contribution in [2.45, 2.75) is 57.8 Å². The topological polar surface area (TPSA) is 40.1 Å². The molecule has 0 fully saturated rings. The van der Waals surface area contributed by atoms with Gasteiger partial charge in [-0.15, -0.1) is 0 Å². The molecule has 0 saturated carbocycles. The molecule has 21 aromatic rings. The minimum absolute atomic E-state index is 0.170. The van der Waals surface area contributed by atoms with Crippen LogP contribution in [-0.2, 0) is 16.2 Å². The van der Waals surface area contributed by atoms with Gasteiger partial charge < -0.3 is 18.9 Å². The summed E-state index contributed by atoms with van der Waals surface area (Å²) in [6.07, 6.45) is 0. The van der Waals surface area contributed by atoms with Gasteiger partial charge in [0.15, 0.2) is 0 Å². The van der Waals surface area contributed by atoms with Gasteiger partial charge in [0.25, 0.3) is 0 Å². The van der Waals surface area contributed by atoms with E-state index in [1.807, 2.05) is 12.1 Å². The lowest BCUT2D eigenvalue weighted by Crippen LogP contribution is -2.17. The Morgan fingerprint density at radius 3 is 1.26 bits per heavy atom. The van der Waals surface area contributed by atoms with Crippen LogP contribution in [0, 0.1) is 11.3 Å². The molecule has 24 rings (SSSR count). The molecule has 5 heteroatoms. The standard InChI is InChI=1S/C120H85N5/c1-118(2)105-32-17-14-25-95(105)97-64-60-89(69-107(97)118)122(92-63-67-104-112(72-92)124(88-54-35-75(74-121)36-55-88)111-68-53-84-23-10-11-24-93(84)115(104)111)86-56-49-82(50-57-86)80-43-41-78(42-44-80)81-45-47-85(48-46-81)94-30-20-31-102-99-66-61-90(70-109(99)120(5,6)117(94)102)123(87-58-51-83(52-59-87)79-39-37-77(38-40-79)76-21-8-7-9-22-76)113-73-114-116(101-28-13-12-27-100(101)113)103-29-16-19-34-110(103)125(114)91-62-65-98-96-26-15-18-33-106(96)119(3,4)108(98)71-91/h7-73H,1-6H3. The Kier molecular flexibility index (Phi) is 16.4. The van der Waals surface area contributed by atoms with E-state index in [4.69, 9.17) is 0 Å². The summed E-state index contributed by atoms with van der Waals surface area (Å²) in [4.78, 5) is 4.96. The number of aromatic nitrogens is 2. The van der Waals surface area contributed by atoms with Gasteiger partial charge in [0.05, 0.1) is 39.4 Å². The summed E-state index contributed by atoms with van der Waals surface area (Å²) in [7, 11) is 0. The molecule has 0 radical (unpaired) electrons. The molecule has 5 nitrogen and oxygen atoms in total. The molecular formula is C120H85N5. The summed E-state index contributed by atoms with van der Waals surface area (Å²) in [5.74, 6) is 0. The molecule has 2 aromatic heterocycles.